The molecule has 1 aliphatic carbocycles. The van der Waals surface area contributed by atoms with Crippen LogP contribution in [0.5, 0.6) is 0 Å². The van der Waals surface area contributed by atoms with Crippen LogP contribution in [-0.4, -0.2) is 39.0 Å². The third-order valence-corrected chi connectivity index (χ3v) is 4.31. The van der Waals surface area contributed by atoms with E-state index in [-0.39, 0.29) is 0 Å². The third-order valence-electron chi connectivity index (χ3n) is 4.31. The summed E-state index contributed by atoms with van der Waals surface area (Å²) in [5, 5.41) is 3.70. The Morgan fingerprint density at radius 3 is 2.67 bits per heavy atom. The van der Waals surface area contributed by atoms with Gasteiger partial charge in [0.15, 0.2) is 0 Å². The van der Waals surface area contributed by atoms with E-state index in [0.29, 0.717) is 25.3 Å². The molecular weight excluding hydrogens is 228 g/mol. The Hall–Kier alpha value is -0.160. The van der Waals surface area contributed by atoms with E-state index in [1.165, 1.54) is 51.5 Å². The highest BCUT2D eigenvalue weighted by Gasteiger charge is 2.32. The van der Waals surface area contributed by atoms with Crippen molar-refractivity contribution in [1.29, 1.82) is 0 Å². The Kier molecular flexibility index (Phi) is 6.41. The van der Waals surface area contributed by atoms with Crippen LogP contribution in [0.2, 0.25) is 0 Å². The molecule has 3 atom stereocenters. The Labute approximate surface area is 111 Å². The van der Waals surface area contributed by atoms with Gasteiger partial charge in [-0.15, -0.1) is 0 Å². The van der Waals surface area contributed by atoms with Gasteiger partial charge in [0.05, 0.1) is 13.2 Å². The van der Waals surface area contributed by atoms with Gasteiger partial charge in [0, 0.05) is 19.2 Å². The fraction of sp³-hybridized carbons (Fsp3) is 1.00. The maximum atomic E-state index is 5.53. The SMILES string of the molecule is COCCONC1CCCCC1C1CCCCN1. The summed E-state index contributed by atoms with van der Waals surface area (Å²) in [6.45, 7) is 2.49. The molecule has 2 aliphatic rings. The van der Waals surface area contributed by atoms with Crippen LogP contribution < -0.4 is 10.8 Å². The van der Waals surface area contributed by atoms with E-state index in [4.69, 9.17) is 9.57 Å². The van der Waals surface area contributed by atoms with Gasteiger partial charge in [0.2, 0.25) is 0 Å². The summed E-state index contributed by atoms with van der Waals surface area (Å²) in [6.07, 6.45) is 9.34. The smallest absolute Gasteiger partial charge is 0.0915 e. The number of rotatable bonds is 6. The van der Waals surface area contributed by atoms with Gasteiger partial charge in [-0.2, -0.15) is 5.48 Å². The first-order valence-electron chi connectivity index (χ1n) is 7.51. The third kappa shape index (κ3) is 4.19. The zero-order valence-electron chi connectivity index (χ0n) is 11.6. The molecule has 2 rings (SSSR count). The second-order valence-electron chi connectivity index (χ2n) is 5.57. The first-order chi connectivity index (χ1) is 8.92. The van der Waals surface area contributed by atoms with Crippen LogP contribution in [0, 0.1) is 5.92 Å². The van der Waals surface area contributed by atoms with Crippen molar-refractivity contribution in [2.24, 2.45) is 5.92 Å². The summed E-state index contributed by atoms with van der Waals surface area (Å²) in [5.41, 5.74) is 3.28. The fourth-order valence-corrected chi connectivity index (χ4v) is 3.32. The van der Waals surface area contributed by atoms with Crippen LogP contribution in [0.3, 0.4) is 0 Å². The predicted octanol–water partition coefficient (Wildman–Crippen LogP) is 1.85. The average Bonchev–Trinajstić information content (AvgIpc) is 2.45. The molecule has 1 saturated carbocycles. The molecule has 2 N–H and O–H groups in total. The summed E-state index contributed by atoms with van der Waals surface area (Å²) in [7, 11) is 1.71. The monoisotopic (exact) mass is 256 g/mol. The molecule has 0 aromatic rings. The lowest BCUT2D eigenvalue weighted by Gasteiger charge is -2.39. The average molecular weight is 256 g/mol. The predicted molar refractivity (Wildman–Crippen MR) is 72.4 cm³/mol. The molecule has 1 saturated heterocycles. The van der Waals surface area contributed by atoms with Gasteiger partial charge in [-0.3, -0.25) is 4.84 Å². The highest BCUT2D eigenvalue weighted by Crippen LogP contribution is 2.30. The maximum Gasteiger partial charge on any atom is 0.0915 e. The van der Waals surface area contributed by atoms with Gasteiger partial charge in [-0.1, -0.05) is 19.3 Å². The van der Waals surface area contributed by atoms with E-state index >= 15 is 0 Å². The summed E-state index contributed by atoms with van der Waals surface area (Å²) in [5.74, 6) is 0.738. The van der Waals surface area contributed by atoms with Crippen molar-refractivity contribution in [3.05, 3.63) is 0 Å². The quantitative estimate of drug-likeness (QED) is 0.562. The second-order valence-corrected chi connectivity index (χ2v) is 5.57. The van der Waals surface area contributed by atoms with Gasteiger partial charge in [0.1, 0.15) is 0 Å². The highest BCUT2D eigenvalue weighted by molar-refractivity contribution is 4.89. The number of hydrogen-bond donors (Lipinski definition) is 2. The Balaban J connectivity index is 1.77. The topological polar surface area (TPSA) is 42.5 Å². The number of hydrogen-bond acceptors (Lipinski definition) is 4. The summed E-state index contributed by atoms with van der Waals surface area (Å²) in [6, 6.07) is 1.22. The van der Waals surface area contributed by atoms with Crippen molar-refractivity contribution < 1.29 is 9.57 Å². The molecular formula is C14H28N2O2. The van der Waals surface area contributed by atoms with Crippen LogP contribution in [0.1, 0.15) is 44.9 Å². The van der Waals surface area contributed by atoms with E-state index in [2.05, 4.69) is 10.8 Å². The van der Waals surface area contributed by atoms with Crippen molar-refractivity contribution in [3.63, 3.8) is 0 Å². The van der Waals surface area contributed by atoms with Crippen molar-refractivity contribution in [1.82, 2.24) is 10.8 Å². The Morgan fingerprint density at radius 2 is 1.89 bits per heavy atom. The molecule has 106 valence electrons. The molecule has 4 nitrogen and oxygen atoms in total. The number of hydroxylamine groups is 1. The largest absolute Gasteiger partial charge is 0.382 e. The van der Waals surface area contributed by atoms with Crippen LogP contribution in [0.15, 0.2) is 0 Å². The molecule has 3 unspecified atom stereocenters. The number of piperidine rings is 1. The summed E-state index contributed by atoms with van der Waals surface area (Å²) < 4.78 is 5.00. The molecule has 4 heteroatoms. The molecule has 18 heavy (non-hydrogen) atoms. The standard InChI is InChI=1S/C14H28N2O2/c1-17-10-11-18-16-14-8-3-2-6-12(14)13-7-4-5-9-15-13/h12-16H,2-11H2,1H3. The zero-order chi connectivity index (χ0) is 12.6. The van der Waals surface area contributed by atoms with E-state index in [1.54, 1.807) is 7.11 Å². The van der Waals surface area contributed by atoms with Gasteiger partial charge < -0.3 is 10.1 Å². The molecule has 0 bridgehead atoms. The van der Waals surface area contributed by atoms with E-state index in [0.717, 1.165) is 5.92 Å². The summed E-state index contributed by atoms with van der Waals surface area (Å²) >= 11 is 0. The van der Waals surface area contributed by atoms with Crippen LogP contribution in [-0.2, 0) is 9.57 Å². The molecule has 2 fully saturated rings. The van der Waals surface area contributed by atoms with E-state index < -0.39 is 0 Å². The van der Waals surface area contributed by atoms with Crippen molar-refractivity contribution in [3.8, 4) is 0 Å². The maximum absolute atomic E-state index is 5.53. The summed E-state index contributed by atoms with van der Waals surface area (Å²) in [4.78, 5) is 5.53. The molecule has 0 aromatic carbocycles. The lowest BCUT2D eigenvalue weighted by molar-refractivity contribution is -0.0358. The van der Waals surface area contributed by atoms with Crippen molar-refractivity contribution >= 4 is 0 Å². The van der Waals surface area contributed by atoms with Crippen molar-refractivity contribution in [2.75, 3.05) is 26.9 Å². The molecule has 0 spiro atoms. The molecule has 0 aromatic heterocycles. The minimum absolute atomic E-state index is 0.520. The lowest BCUT2D eigenvalue weighted by atomic mass is 9.77. The molecule has 1 heterocycles. The van der Waals surface area contributed by atoms with E-state index in [1.807, 2.05) is 0 Å². The number of nitrogens with one attached hydrogen (secondary N) is 2. The Bertz CT molecular complexity index is 220. The van der Waals surface area contributed by atoms with Gasteiger partial charge in [-0.05, 0) is 38.1 Å². The van der Waals surface area contributed by atoms with Crippen LogP contribution in [0.25, 0.3) is 0 Å². The minimum Gasteiger partial charge on any atom is -0.382 e. The minimum atomic E-state index is 0.520. The van der Waals surface area contributed by atoms with Gasteiger partial charge in [-0.25, -0.2) is 0 Å². The second kappa shape index (κ2) is 8.10. The zero-order valence-corrected chi connectivity index (χ0v) is 11.6. The van der Waals surface area contributed by atoms with Crippen LogP contribution in [0.4, 0.5) is 0 Å². The lowest BCUT2D eigenvalue weighted by Crippen LogP contribution is -2.50. The first kappa shape index (κ1) is 14.3. The van der Waals surface area contributed by atoms with E-state index in [9.17, 15) is 0 Å². The van der Waals surface area contributed by atoms with Gasteiger partial charge >= 0.3 is 0 Å². The molecule has 0 amide bonds. The number of methoxy groups -OCH3 is 1. The highest BCUT2D eigenvalue weighted by atomic mass is 16.7. The fourth-order valence-electron chi connectivity index (χ4n) is 3.32. The number of ether oxygens (including phenoxy) is 1. The van der Waals surface area contributed by atoms with Gasteiger partial charge in [0.25, 0.3) is 0 Å². The first-order valence-corrected chi connectivity index (χ1v) is 7.51. The van der Waals surface area contributed by atoms with Crippen LogP contribution >= 0.6 is 0 Å². The van der Waals surface area contributed by atoms with Crippen molar-refractivity contribution in [2.45, 2.75) is 57.0 Å². The Morgan fingerprint density at radius 1 is 1.06 bits per heavy atom. The molecule has 0 radical (unpaired) electrons. The molecule has 1 aliphatic heterocycles. The normalized spacial score (nSPS) is 33.5.